The molecule has 0 radical (unpaired) electrons. The molecule has 0 saturated carbocycles. The lowest BCUT2D eigenvalue weighted by Crippen LogP contribution is -2.41. The lowest BCUT2D eigenvalue weighted by molar-refractivity contribution is 0.00578. The molecule has 482 valence electrons. The number of ether oxygens (including phenoxy) is 16. The van der Waals surface area contributed by atoms with Crippen molar-refractivity contribution in [1.29, 1.82) is 0 Å². The van der Waals surface area contributed by atoms with Crippen LogP contribution in [0, 0.1) is 0 Å². The van der Waals surface area contributed by atoms with Crippen molar-refractivity contribution in [1.82, 2.24) is 0 Å². The van der Waals surface area contributed by atoms with Crippen LogP contribution < -0.4 is 29.9 Å². The van der Waals surface area contributed by atoms with E-state index in [1.54, 1.807) is 28.4 Å². The number of benzene rings is 4. The summed E-state index contributed by atoms with van der Waals surface area (Å²) in [4.78, 5) is 0. The molecule has 20 nitrogen and oxygen atoms in total. The molecule has 0 bridgehead atoms. The van der Waals surface area contributed by atoms with Crippen molar-refractivity contribution in [2.24, 2.45) is 0 Å². The molecule has 87 heavy (non-hydrogen) atoms. The van der Waals surface area contributed by atoms with Crippen molar-refractivity contribution in [2.45, 2.75) is 83.2 Å². The zero-order chi connectivity index (χ0) is 62.2. The quantitative estimate of drug-likeness (QED) is 0.0290. The van der Waals surface area contributed by atoms with Crippen LogP contribution in [0.15, 0.2) is 72.8 Å². The summed E-state index contributed by atoms with van der Waals surface area (Å²) < 4.78 is 121. The Labute approximate surface area is 517 Å². The molecule has 2 aliphatic heterocycles. The molecule has 7 rings (SSSR count). The van der Waals surface area contributed by atoms with Crippen molar-refractivity contribution in [3.63, 3.8) is 0 Å². The minimum atomic E-state index is -1.12. The van der Waals surface area contributed by atoms with Gasteiger partial charge in [0.05, 0.1) is 160 Å². The van der Waals surface area contributed by atoms with Gasteiger partial charge >= 0.3 is 14.2 Å². The lowest BCUT2D eigenvalue weighted by atomic mass is 9.65. The van der Waals surface area contributed by atoms with Crippen LogP contribution in [0.1, 0.15) is 77.6 Å². The van der Waals surface area contributed by atoms with Crippen molar-refractivity contribution in [2.75, 3.05) is 187 Å². The smallest absolute Gasteiger partial charge is 0.487 e. The largest absolute Gasteiger partial charge is 0.494 e. The lowest BCUT2D eigenvalue weighted by Gasteiger charge is -2.35. The van der Waals surface area contributed by atoms with Crippen LogP contribution in [-0.4, -0.2) is 224 Å². The second-order valence-electron chi connectivity index (χ2n) is 23.1. The Morgan fingerprint density at radius 2 is 0.540 bits per heavy atom. The van der Waals surface area contributed by atoms with Gasteiger partial charge in [0.2, 0.25) is 0 Å². The van der Waals surface area contributed by atoms with E-state index in [1.807, 2.05) is 12.1 Å². The summed E-state index contributed by atoms with van der Waals surface area (Å²) in [6.07, 6.45) is 0. The summed E-state index contributed by atoms with van der Waals surface area (Å²) in [5, 5.41) is 0. The standard InChI is InChI=1S/C65H96B2O20/c1-61(2)62(3,4)85-66(84-61)51-15-17-53-54-18-16-52(67-86-63(5,6)64(7,8)87-67)48-56(54)65(55(53)47-51,49-13-19-57(80-41-37-76-33-29-72-25-21-68-9)59(45-49)82-43-39-78-35-31-74-27-23-70-11)50-14-20-58(81-42-38-77-34-30-73-26-22-69-10)60(46-50)83-44-40-79-36-32-75-28-24-71-12/h13-20,45-48H,21-44H2,1-12H3. The summed E-state index contributed by atoms with van der Waals surface area (Å²) in [5.74, 6) is 2.04. The summed E-state index contributed by atoms with van der Waals surface area (Å²) in [5.41, 5.74) is 3.81. The van der Waals surface area contributed by atoms with Crippen LogP contribution in [0.2, 0.25) is 0 Å². The van der Waals surface area contributed by atoms with E-state index in [0.717, 1.165) is 44.3 Å². The topological polar surface area (TPSA) is 185 Å². The maximum absolute atomic E-state index is 6.80. The molecular weight excluding hydrogens is 1120 g/mol. The van der Waals surface area contributed by atoms with Crippen LogP contribution in [0.25, 0.3) is 11.1 Å². The first kappa shape index (κ1) is 70.0. The van der Waals surface area contributed by atoms with E-state index in [2.05, 4.69) is 116 Å². The summed E-state index contributed by atoms with van der Waals surface area (Å²) >= 11 is 0. The van der Waals surface area contributed by atoms with Crippen LogP contribution in [0.3, 0.4) is 0 Å². The summed E-state index contributed by atoms with van der Waals surface area (Å²) in [6, 6.07) is 25.3. The van der Waals surface area contributed by atoms with E-state index < -0.39 is 42.1 Å². The SMILES string of the molecule is COCCOCCOCCOc1ccc(C2(c3ccc(OCCOCCOCCOC)c(OCCOCCOCCOC)c3)c3cc(B4OC(C)(C)C(C)(C)O4)ccc3-c3ccc(B4OC(C)(C)C(C)(C)O4)cc32)cc1OCCOCCOCCOC. The fraction of sp³-hybridized carbons (Fsp3) is 0.631. The van der Waals surface area contributed by atoms with Gasteiger partial charge in [-0.15, -0.1) is 0 Å². The van der Waals surface area contributed by atoms with Crippen molar-refractivity contribution < 1.29 is 94.4 Å². The van der Waals surface area contributed by atoms with E-state index >= 15 is 0 Å². The first-order chi connectivity index (χ1) is 42.0. The minimum absolute atomic E-state index is 0.210. The molecule has 0 amide bonds. The predicted octanol–water partition coefficient (Wildman–Crippen LogP) is 6.88. The summed E-state index contributed by atoms with van der Waals surface area (Å²) in [6.45, 7) is 25.8. The average molecular weight is 1220 g/mol. The maximum Gasteiger partial charge on any atom is 0.494 e. The van der Waals surface area contributed by atoms with Gasteiger partial charge in [0.25, 0.3) is 0 Å². The first-order valence-electron chi connectivity index (χ1n) is 30.4. The van der Waals surface area contributed by atoms with Crippen LogP contribution >= 0.6 is 0 Å². The van der Waals surface area contributed by atoms with E-state index in [4.69, 9.17) is 94.4 Å². The van der Waals surface area contributed by atoms with Gasteiger partial charge in [-0.3, -0.25) is 0 Å². The maximum atomic E-state index is 6.80. The second-order valence-corrected chi connectivity index (χ2v) is 23.1. The molecule has 0 aromatic heterocycles. The molecule has 1 aliphatic carbocycles. The van der Waals surface area contributed by atoms with Crippen molar-refractivity contribution in [3.05, 3.63) is 95.1 Å². The minimum Gasteiger partial charge on any atom is -0.487 e. The third-order valence-electron chi connectivity index (χ3n) is 16.1. The molecule has 4 aromatic rings. The first-order valence-corrected chi connectivity index (χ1v) is 30.4. The fourth-order valence-electron chi connectivity index (χ4n) is 10.0. The third kappa shape index (κ3) is 18.8. The second kappa shape index (κ2) is 34.7. The molecule has 0 spiro atoms. The Kier molecular flexibility index (Phi) is 27.9. The molecule has 2 saturated heterocycles. The molecule has 0 atom stereocenters. The third-order valence-corrected chi connectivity index (χ3v) is 16.1. The number of methoxy groups -OCH3 is 4. The van der Waals surface area contributed by atoms with Gasteiger partial charge in [-0.05, 0) is 124 Å². The normalized spacial score (nSPS) is 16.8. The van der Waals surface area contributed by atoms with Gasteiger partial charge in [-0.2, -0.15) is 0 Å². The molecule has 22 heteroatoms. The molecular formula is C65H96B2O20. The van der Waals surface area contributed by atoms with E-state index in [0.29, 0.717) is 142 Å². The number of hydrogen-bond acceptors (Lipinski definition) is 20. The fourth-order valence-corrected chi connectivity index (χ4v) is 10.0. The molecule has 3 aliphatic rings. The van der Waals surface area contributed by atoms with Crippen LogP contribution in [0.4, 0.5) is 0 Å². The highest BCUT2D eigenvalue weighted by Gasteiger charge is 2.55. The Bertz CT molecular complexity index is 2460. The zero-order valence-corrected chi connectivity index (χ0v) is 53.7. The zero-order valence-electron chi connectivity index (χ0n) is 53.7. The van der Waals surface area contributed by atoms with Crippen molar-refractivity contribution in [3.8, 4) is 34.1 Å². The Morgan fingerprint density at radius 1 is 0.287 bits per heavy atom. The van der Waals surface area contributed by atoms with Gasteiger partial charge in [0, 0.05) is 28.4 Å². The molecule has 4 aromatic carbocycles. The van der Waals surface area contributed by atoms with Crippen molar-refractivity contribution >= 4 is 25.2 Å². The monoisotopic (exact) mass is 1220 g/mol. The number of fused-ring (bicyclic) bond motifs is 3. The number of hydrogen-bond donors (Lipinski definition) is 0. The van der Waals surface area contributed by atoms with E-state index in [1.165, 1.54) is 0 Å². The van der Waals surface area contributed by atoms with Gasteiger partial charge in [-0.25, -0.2) is 0 Å². The summed E-state index contributed by atoms with van der Waals surface area (Å²) in [7, 11) is 5.22. The molecule has 2 heterocycles. The highest BCUT2D eigenvalue weighted by atomic mass is 16.7. The molecule has 0 unspecified atom stereocenters. The Hall–Kier alpha value is -4.43. The predicted molar refractivity (Wildman–Crippen MR) is 331 cm³/mol. The average Bonchev–Trinajstić information content (AvgIpc) is 1.59. The van der Waals surface area contributed by atoms with E-state index in [-0.39, 0.29) is 39.6 Å². The highest BCUT2D eigenvalue weighted by molar-refractivity contribution is 6.62. The molecule has 0 N–H and O–H groups in total. The van der Waals surface area contributed by atoms with Gasteiger partial charge in [-0.1, -0.05) is 48.5 Å². The van der Waals surface area contributed by atoms with Crippen LogP contribution in [0.5, 0.6) is 23.0 Å². The number of rotatable bonds is 44. The Balaban J connectivity index is 1.36. The Morgan fingerprint density at radius 3 is 0.816 bits per heavy atom. The van der Waals surface area contributed by atoms with E-state index in [9.17, 15) is 0 Å². The van der Waals surface area contributed by atoms with Gasteiger partial charge in [0.1, 0.15) is 26.4 Å². The molecule has 2 fully saturated rings. The van der Waals surface area contributed by atoms with Crippen LogP contribution in [-0.2, 0) is 80.9 Å². The van der Waals surface area contributed by atoms with Gasteiger partial charge < -0.3 is 94.4 Å². The highest BCUT2D eigenvalue weighted by Crippen LogP contribution is 2.58. The van der Waals surface area contributed by atoms with Gasteiger partial charge in [0.15, 0.2) is 23.0 Å².